The first kappa shape index (κ1) is 16.3. The zero-order valence-corrected chi connectivity index (χ0v) is 14.9. The Hall–Kier alpha value is -2.55. The molecule has 3 nitrogen and oxygen atoms in total. The van der Waals surface area contributed by atoms with Gasteiger partial charge >= 0.3 is 0 Å². The minimum absolute atomic E-state index is 0.0222. The highest BCUT2D eigenvalue weighted by Gasteiger charge is 2.14. The molecule has 0 saturated carbocycles. The lowest BCUT2D eigenvalue weighted by Gasteiger charge is -2.12. The van der Waals surface area contributed by atoms with Gasteiger partial charge in [-0.15, -0.1) is 0 Å². The number of hydrogen-bond donors (Lipinski definition) is 1. The van der Waals surface area contributed by atoms with Crippen molar-refractivity contribution in [3.8, 4) is 0 Å². The maximum Gasteiger partial charge on any atom is 0.228 e. The van der Waals surface area contributed by atoms with Crippen LogP contribution in [0.15, 0.2) is 34.9 Å². The number of rotatable bonds is 3. The maximum absolute atomic E-state index is 12.5. The summed E-state index contributed by atoms with van der Waals surface area (Å²) in [7, 11) is 0. The molecule has 1 aromatic heterocycles. The zero-order chi connectivity index (χ0) is 17.4. The molecular formula is C21H23NO2. The van der Waals surface area contributed by atoms with E-state index in [2.05, 4.69) is 37.4 Å². The lowest BCUT2D eigenvalue weighted by Crippen LogP contribution is -2.16. The van der Waals surface area contributed by atoms with E-state index in [4.69, 9.17) is 4.42 Å². The summed E-state index contributed by atoms with van der Waals surface area (Å²) in [5, 5.41) is 4.07. The molecule has 0 aliphatic rings. The van der Waals surface area contributed by atoms with E-state index in [-0.39, 0.29) is 5.91 Å². The van der Waals surface area contributed by atoms with Gasteiger partial charge in [0.2, 0.25) is 5.91 Å². The van der Waals surface area contributed by atoms with Gasteiger partial charge in [-0.1, -0.05) is 29.8 Å². The molecule has 0 radical (unpaired) electrons. The molecular weight excluding hydrogens is 298 g/mol. The van der Waals surface area contributed by atoms with Gasteiger partial charge in [0.05, 0.1) is 12.7 Å². The third-order valence-corrected chi connectivity index (χ3v) is 4.63. The number of hydrogen-bond acceptors (Lipinski definition) is 2. The fourth-order valence-electron chi connectivity index (χ4n) is 3.26. The summed E-state index contributed by atoms with van der Waals surface area (Å²) >= 11 is 0. The van der Waals surface area contributed by atoms with Crippen LogP contribution in [0.25, 0.3) is 11.0 Å². The van der Waals surface area contributed by atoms with Crippen LogP contribution in [0.4, 0.5) is 5.69 Å². The van der Waals surface area contributed by atoms with Gasteiger partial charge < -0.3 is 9.73 Å². The minimum Gasteiger partial charge on any atom is -0.464 e. The number of fused-ring (bicyclic) bond motifs is 1. The summed E-state index contributed by atoms with van der Waals surface area (Å²) in [5.41, 5.74) is 8.41. The van der Waals surface area contributed by atoms with E-state index >= 15 is 0 Å². The highest BCUT2D eigenvalue weighted by Crippen LogP contribution is 2.27. The van der Waals surface area contributed by atoms with Crippen molar-refractivity contribution in [2.45, 2.75) is 41.0 Å². The van der Waals surface area contributed by atoms with Crippen molar-refractivity contribution in [3.05, 3.63) is 63.9 Å². The van der Waals surface area contributed by atoms with Crippen LogP contribution in [0.5, 0.6) is 0 Å². The van der Waals surface area contributed by atoms with E-state index < -0.39 is 0 Å². The Bertz CT molecular complexity index is 911. The molecule has 0 atom stereocenters. The van der Waals surface area contributed by atoms with Crippen LogP contribution in [0.2, 0.25) is 0 Å². The second kappa shape index (κ2) is 6.16. The molecule has 0 bridgehead atoms. The molecule has 3 aromatic rings. The van der Waals surface area contributed by atoms with Crippen LogP contribution in [-0.2, 0) is 11.2 Å². The Morgan fingerprint density at radius 1 is 1.00 bits per heavy atom. The molecule has 1 amide bonds. The average Bonchev–Trinajstić information content (AvgIpc) is 2.90. The van der Waals surface area contributed by atoms with E-state index in [9.17, 15) is 4.79 Å². The number of benzene rings is 2. The smallest absolute Gasteiger partial charge is 0.228 e. The molecule has 0 fully saturated rings. The normalized spacial score (nSPS) is 11.0. The number of anilines is 1. The Morgan fingerprint density at radius 2 is 1.67 bits per heavy atom. The van der Waals surface area contributed by atoms with Gasteiger partial charge in [-0.05, 0) is 56.9 Å². The van der Waals surface area contributed by atoms with E-state index in [0.29, 0.717) is 6.42 Å². The highest BCUT2D eigenvalue weighted by molar-refractivity contribution is 5.97. The number of nitrogens with one attached hydrogen (secondary N) is 1. The van der Waals surface area contributed by atoms with Crippen molar-refractivity contribution in [2.24, 2.45) is 0 Å². The lowest BCUT2D eigenvalue weighted by molar-refractivity contribution is -0.115. The molecule has 0 aliphatic heterocycles. The zero-order valence-electron chi connectivity index (χ0n) is 14.9. The molecule has 0 spiro atoms. The summed E-state index contributed by atoms with van der Waals surface area (Å²) < 4.78 is 5.69. The van der Waals surface area contributed by atoms with Crippen LogP contribution in [0, 0.1) is 34.6 Å². The lowest BCUT2D eigenvalue weighted by atomic mass is 10.0. The Balaban J connectivity index is 1.85. The molecule has 1 N–H and O–H groups in total. The van der Waals surface area contributed by atoms with E-state index in [1.807, 2.05) is 26.8 Å². The van der Waals surface area contributed by atoms with E-state index in [1.165, 1.54) is 11.1 Å². The van der Waals surface area contributed by atoms with Crippen LogP contribution in [0.3, 0.4) is 0 Å². The Labute approximate surface area is 142 Å². The van der Waals surface area contributed by atoms with Crippen molar-refractivity contribution in [1.82, 2.24) is 0 Å². The van der Waals surface area contributed by atoms with Crippen LogP contribution < -0.4 is 5.32 Å². The summed E-state index contributed by atoms with van der Waals surface area (Å²) in [6.45, 7) is 10.2. The fourth-order valence-corrected chi connectivity index (χ4v) is 3.26. The first-order valence-corrected chi connectivity index (χ1v) is 8.21. The van der Waals surface area contributed by atoms with Crippen molar-refractivity contribution in [1.29, 1.82) is 0 Å². The molecule has 3 rings (SSSR count). The molecule has 0 aliphatic carbocycles. The first-order valence-electron chi connectivity index (χ1n) is 8.21. The second-order valence-corrected chi connectivity index (χ2v) is 6.64. The Morgan fingerprint density at radius 3 is 2.33 bits per heavy atom. The van der Waals surface area contributed by atoms with E-state index in [0.717, 1.165) is 38.9 Å². The SMILES string of the molecule is Cc1cc(C)c(NC(=O)Cc2coc3c(C)c(C)ccc23)c(C)c1. The molecule has 3 heteroatoms. The van der Waals surface area contributed by atoms with Gasteiger partial charge in [-0.2, -0.15) is 0 Å². The third kappa shape index (κ3) is 2.94. The first-order chi connectivity index (χ1) is 11.4. The predicted octanol–water partition coefficient (Wildman–Crippen LogP) is 5.16. The molecule has 24 heavy (non-hydrogen) atoms. The molecule has 0 unspecified atom stereocenters. The highest BCUT2D eigenvalue weighted by atomic mass is 16.3. The molecule has 124 valence electrons. The monoisotopic (exact) mass is 321 g/mol. The third-order valence-electron chi connectivity index (χ3n) is 4.63. The predicted molar refractivity (Wildman–Crippen MR) is 98.7 cm³/mol. The summed E-state index contributed by atoms with van der Waals surface area (Å²) in [5.74, 6) is -0.0222. The Kier molecular flexibility index (Phi) is 4.18. The molecule has 1 heterocycles. The van der Waals surface area contributed by atoms with Crippen molar-refractivity contribution in [3.63, 3.8) is 0 Å². The molecule has 0 saturated heterocycles. The average molecular weight is 321 g/mol. The number of aryl methyl sites for hydroxylation is 5. The number of carbonyl (C=O) groups excluding carboxylic acids is 1. The molecule has 2 aromatic carbocycles. The maximum atomic E-state index is 12.5. The quantitative estimate of drug-likeness (QED) is 0.724. The summed E-state index contributed by atoms with van der Waals surface area (Å²) in [6, 6.07) is 8.28. The van der Waals surface area contributed by atoms with Crippen LogP contribution >= 0.6 is 0 Å². The van der Waals surface area contributed by atoms with Gasteiger partial charge in [-0.3, -0.25) is 4.79 Å². The van der Waals surface area contributed by atoms with Gasteiger partial charge in [0.1, 0.15) is 5.58 Å². The van der Waals surface area contributed by atoms with Crippen molar-refractivity contribution < 1.29 is 9.21 Å². The van der Waals surface area contributed by atoms with E-state index in [1.54, 1.807) is 6.26 Å². The van der Waals surface area contributed by atoms with Gasteiger partial charge in [-0.25, -0.2) is 0 Å². The van der Waals surface area contributed by atoms with Crippen molar-refractivity contribution in [2.75, 3.05) is 5.32 Å². The van der Waals surface area contributed by atoms with Gasteiger partial charge in [0.15, 0.2) is 0 Å². The number of amides is 1. The number of carbonyl (C=O) groups is 1. The second-order valence-electron chi connectivity index (χ2n) is 6.64. The van der Waals surface area contributed by atoms with Crippen LogP contribution in [0.1, 0.15) is 33.4 Å². The van der Waals surface area contributed by atoms with Gasteiger partial charge in [0.25, 0.3) is 0 Å². The minimum atomic E-state index is -0.0222. The number of furan rings is 1. The largest absolute Gasteiger partial charge is 0.464 e. The topological polar surface area (TPSA) is 42.2 Å². The standard InChI is InChI=1S/C21H23NO2/c1-12-8-14(3)20(15(4)9-12)22-19(23)10-17-11-24-21-16(5)13(2)6-7-18(17)21/h6-9,11H,10H2,1-5H3,(H,22,23). The summed E-state index contributed by atoms with van der Waals surface area (Å²) in [4.78, 5) is 12.5. The van der Waals surface area contributed by atoms with Gasteiger partial charge in [0, 0.05) is 16.6 Å². The van der Waals surface area contributed by atoms with Crippen LogP contribution in [-0.4, -0.2) is 5.91 Å². The fraction of sp³-hybridized carbons (Fsp3) is 0.286. The van der Waals surface area contributed by atoms with Crippen molar-refractivity contribution >= 4 is 22.6 Å². The summed E-state index contributed by atoms with van der Waals surface area (Å²) in [6.07, 6.45) is 2.01.